The van der Waals surface area contributed by atoms with Crippen molar-refractivity contribution in [3.63, 3.8) is 0 Å². The Morgan fingerprint density at radius 2 is 1.70 bits per heavy atom. The van der Waals surface area contributed by atoms with E-state index in [-0.39, 0.29) is 11.1 Å². The van der Waals surface area contributed by atoms with E-state index < -0.39 is 32.0 Å². The molecular weight excluding hydrogens is 362 g/mol. The fourth-order valence-electron chi connectivity index (χ4n) is 2.96. The number of nitrogens with zero attached hydrogens (tertiary/aromatic N) is 1. The highest BCUT2D eigenvalue weighted by Crippen LogP contribution is 2.43. The van der Waals surface area contributed by atoms with E-state index >= 15 is 0 Å². The molecule has 7 heteroatoms. The third kappa shape index (κ3) is 4.39. The number of carbonyl (C=O) groups excluding carboxylic acids is 2. The van der Waals surface area contributed by atoms with Crippen LogP contribution in [-0.4, -0.2) is 50.1 Å². The Morgan fingerprint density at radius 3 is 2.19 bits per heavy atom. The Morgan fingerprint density at radius 1 is 1.11 bits per heavy atom. The molecule has 2 rings (SSSR count). The first-order valence-corrected chi connectivity index (χ1v) is 12.3. The van der Waals surface area contributed by atoms with Gasteiger partial charge in [-0.1, -0.05) is 32.9 Å². The first-order valence-electron chi connectivity index (χ1n) is 9.38. The molecule has 0 N–H and O–H groups in total. The summed E-state index contributed by atoms with van der Waals surface area (Å²) in [6.45, 7) is 16.2. The predicted molar refractivity (Wildman–Crippen MR) is 107 cm³/mol. The lowest BCUT2D eigenvalue weighted by atomic mass is 9.99. The van der Waals surface area contributed by atoms with Crippen LogP contribution in [0.1, 0.15) is 48.0 Å². The molecule has 152 valence electrons. The van der Waals surface area contributed by atoms with Crippen LogP contribution in [0.2, 0.25) is 18.1 Å². The molecule has 2 atom stereocenters. The van der Waals surface area contributed by atoms with Crippen LogP contribution in [0.4, 0.5) is 4.79 Å². The van der Waals surface area contributed by atoms with Crippen LogP contribution in [0.25, 0.3) is 0 Å². The van der Waals surface area contributed by atoms with Gasteiger partial charge in [0.15, 0.2) is 0 Å². The molecule has 2 bridgehead atoms. The van der Waals surface area contributed by atoms with Gasteiger partial charge in [0, 0.05) is 6.42 Å². The summed E-state index contributed by atoms with van der Waals surface area (Å²) in [6, 6.07) is -0.705. The average Bonchev–Trinajstić information content (AvgIpc) is 2.79. The van der Waals surface area contributed by atoms with Gasteiger partial charge in [0.05, 0.1) is 30.5 Å². The molecule has 0 unspecified atom stereocenters. The maximum Gasteiger partial charge on any atom is 0.411 e. The zero-order valence-electron chi connectivity index (χ0n) is 18.0. The normalized spacial score (nSPS) is 22.8. The zero-order valence-corrected chi connectivity index (χ0v) is 19.0. The number of hydrogen-bond acceptors (Lipinski definition) is 5. The summed E-state index contributed by atoms with van der Waals surface area (Å²) in [7, 11) is -0.791. The highest BCUT2D eigenvalue weighted by atomic mass is 28.4. The molecule has 6 nitrogen and oxygen atoms in total. The molecule has 2 heterocycles. The topological polar surface area (TPSA) is 65.1 Å². The van der Waals surface area contributed by atoms with Crippen LogP contribution in [0.3, 0.4) is 0 Å². The summed E-state index contributed by atoms with van der Waals surface area (Å²) in [4.78, 5) is 26.9. The van der Waals surface area contributed by atoms with E-state index in [0.717, 1.165) is 0 Å². The highest BCUT2D eigenvalue weighted by molar-refractivity contribution is 6.74. The van der Waals surface area contributed by atoms with Gasteiger partial charge in [0.25, 0.3) is 0 Å². The smallest absolute Gasteiger partial charge is 0.411 e. The summed E-state index contributed by atoms with van der Waals surface area (Å²) in [6.07, 6.45) is 3.82. The van der Waals surface area contributed by atoms with Crippen molar-refractivity contribution in [2.75, 3.05) is 7.11 Å². The second-order valence-corrected chi connectivity index (χ2v) is 14.4. The molecule has 0 saturated heterocycles. The number of rotatable bonds is 3. The molecule has 0 saturated carbocycles. The molecule has 0 spiro atoms. The van der Waals surface area contributed by atoms with Crippen molar-refractivity contribution in [3.8, 4) is 0 Å². The lowest BCUT2D eigenvalue weighted by molar-refractivity contribution is -0.137. The van der Waals surface area contributed by atoms with Crippen molar-refractivity contribution in [2.45, 2.75) is 83.8 Å². The zero-order chi connectivity index (χ0) is 20.8. The van der Waals surface area contributed by atoms with Crippen molar-refractivity contribution in [1.82, 2.24) is 4.90 Å². The third-order valence-corrected chi connectivity index (χ3v) is 9.73. The van der Waals surface area contributed by atoms with Gasteiger partial charge in [-0.3, -0.25) is 4.90 Å². The third-order valence-electron chi connectivity index (χ3n) is 5.36. The monoisotopic (exact) mass is 395 g/mol. The quantitative estimate of drug-likeness (QED) is 0.403. The Balaban J connectivity index is 2.41. The number of esters is 1. The molecule has 0 aliphatic carbocycles. The lowest BCUT2D eigenvalue weighted by Crippen LogP contribution is -2.51. The van der Waals surface area contributed by atoms with Crippen molar-refractivity contribution in [2.24, 2.45) is 0 Å². The van der Waals surface area contributed by atoms with Gasteiger partial charge in [-0.05, 0) is 38.9 Å². The fourth-order valence-corrected chi connectivity index (χ4v) is 4.07. The van der Waals surface area contributed by atoms with Gasteiger partial charge in [-0.2, -0.15) is 0 Å². The molecule has 0 aromatic heterocycles. The van der Waals surface area contributed by atoms with Crippen molar-refractivity contribution < 1.29 is 23.5 Å². The van der Waals surface area contributed by atoms with E-state index in [0.29, 0.717) is 17.8 Å². The number of methoxy groups -OCH3 is 1. The predicted octanol–water partition coefficient (Wildman–Crippen LogP) is 4.38. The number of ether oxygens (including phenoxy) is 2. The molecule has 1 amide bonds. The maximum absolute atomic E-state index is 12.7. The average molecular weight is 396 g/mol. The first-order chi connectivity index (χ1) is 12.2. The minimum atomic E-state index is -2.14. The van der Waals surface area contributed by atoms with Gasteiger partial charge in [0.2, 0.25) is 8.32 Å². The summed E-state index contributed by atoms with van der Waals surface area (Å²) in [5, 5.41) is -0.00396. The largest absolute Gasteiger partial charge is 0.546 e. The van der Waals surface area contributed by atoms with E-state index in [1.165, 1.54) is 7.11 Å². The van der Waals surface area contributed by atoms with E-state index in [9.17, 15) is 9.59 Å². The summed E-state index contributed by atoms with van der Waals surface area (Å²) >= 11 is 0. The second kappa shape index (κ2) is 7.00. The van der Waals surface area contributed by atoms with Crippen LogP contribution in [0.15, 0.2) is 23.5 Å². The number of amides is 1. The van der Waals surface area contributed by atoms with Gasteiger partial charge >= 0.3 is 12.1 Å². The minimum absolute atomic E-state index is 0.00396. The summed E-state index contributed by atoms with van der Waals surface area (Å²) < 4.78 is 17.1. The summed E-state index contributed by atoms with van der Waals surface area (Å²) in [5.74, 6) is 0.181. The van der Waals surface area contributed by atoms with Crippen LogP contribution in [0, 0.1) is 0 Å². The second-order valence-electron chi connectivity index (χ2n) is 9.68. The van der Waals surface area contributed by atoms with E-state index in [1.807, 2.05) is 32.9 Å². The van der Waals surface area contributed by atoms with Crippen LogP contribution in [-0.2, 0) is 18.7 Å². The molecule has 2 aliphatic rings. The minimum Gasteiger partial charge on any atom is -0.546 e. The fraction of sp³-hybridized carbons (Fsp3) is 0.700. The van der Waals surface area contributed by atoms with Gasteiger partial charge in [-0.25, -0.2) is 9.59 Å². The molecule has 27 heavy (non-hydrogen) atoms. The lowest BCUT2D eigenvalue weighted by Gasteiger charge is -2.42. The van der Waals surface area contributed by atoms with Gasteiger partial charge in [-0.15, -0.1) is 0 Å². The Hall–Kier alpha value is -1.76. The molecule has 0 aromatic carbocycles. The van der Waals surface area contributed by atoms with Gasteiger partial charge < -0.3 is 13.9 Å². The Labute approximate surface area is 163 Å². The Bertz CT molecular complexity index is 681. The number of carbonyl (C=O) groups is 2. The molecule has 0 fully saturated rings. The first kappa shape index (κ1) is 21.5. The van der Waals surface area contributed by atoms with Crippen LogP contribution < -0.4 is 0 Å². The van der Waals surface area contributed by atoms with Crippen LogP contribution in [0.5, 0.6) is 0 Å². The van der Waals surface area contributed by atoms with E-state index in [2.05, 4.69) is 33.9 Å². The number of hydrogen-bond donors (Lipinski definition) is 0. The maximum atomic E-state index is 12.7. The molecule has 0 aromatic rings. The summed E-state index contributed by atoms with van der Waals surface area (Å²) in [5.41, 5.74) is -0.206. The van der Waals surface area contributed by atoms with E-state index in [1.54, 1.807) is 4.90 Å². The van der Waals surface area contributed by atoms with Crippen molar-refractivity contribution in [3.05, 3.63) is 23.5 Å². The Kier molecular flexibility index (Phi) is 5.58. The van der Waals surface area contributed by atoms with Crippen LogP contribution >= 0.6 is 0 Å². The molecule has 0 radical (unpaired) electrons. The SMILES string of the molecule is COC(=O)C1=C(O[Si](C)(C)C(C)(C)C)C[C@@H]2C=C[C@H]1N2C(=O)OC(C)(C)C. The van der Waals surface area contributed by atoms with Gasteiger partial charge in [0.1, 0.15) is 5.60 Å². The number of fused-ring (bicyclic) bond motifs is 2. The van der Waals surface area contributed by atoms with E-state index in [4.69, 9.17) is 13.9 Å². The molecule has 2 aliphatic heterocycles. The van der Waals surface area contributed by atoms with Crippen molar-refractivity contribution >= 4 is 20.4 Å². The standard InChI is InChI=1S/C20H33NO5Si/c1-19(2,3)25-18(23)21-13-10-11-14(21)16(17(22)24-7)15(12-13)26-27(8,9)20(4,5)6/h10-11,13-14H,12H2,1-9H3/t13-,14+/m0/s1. The highest BCUT2D eigenvalue weighted by Gasteiger charge is 2.48. The van der Waals surface area contributed by atoms with Crippen molar-refractivity contribution in [1.29, 1.82) is 0 Å². The molecular formula is C20H33NO5Si.